The zero-order valence-corrected chi connectivity index (χ0v) is 14.3. The highest BCUT2D eigenvalue weighted by molar-refractivity contribution is 6.30. The van der Waals surface area contributed by atoms with E-state index in [1.807, 2.05) is 22.9 Å². The number of carbonyl (C=O) groups is 1. The van der Waals surface area contributed by atoms with Crippen LogP contribution < -0.4 is 16.0 Å². The molecule has 1 amide bonds. The molecule has 0 aliphatic heterocycles. The van der Waals surface area contributed by atoms with Gasteiger partial charge in [0.05, 0.1) is 16.4 Å². The van der Waals surface area contributed by atoms with Crippen LogP contribution in [0.15, 0.2) is 42.6 Å². The van der Waals surface area contributed by atoms with Crippen LogP contribution in [0.2, 0.25) is 5.02 Å². The number of H-pyrrole nitrogens is 1. The van der Waals surface area contributed by atoms with Crippen molar-refractivity contribution in [3.8, 4) is 11.5 Å². The molecule has 0 unspecified atom stereocenters. The molecular formula is C19H17ClN4O. The van der Waals surface area contributed by atoms with Crippen LogP contribution >= 0.6 is 11.6 Å². The van der Waals surface area contributed by atoms with Gasteiger partial charge >= 0.3 is 0 Å². The van der Waals surface area contributed by atoms with Gasteiger partial charge in [-0.2, -0.15) is 0 Å². The van der Waals surface area contributed by atoms with Crippen molar-refractivity contribution in [2.45, 2.75) is 19.4 Å². The van der Waals surface area contributed by atoms with Crippen LogP contribution in [-0.2, 0) is 11.3 Å². The Labute approximate surface area is 149 Å². The molecule has 3 aromatic rings. The first-order chi connectivity index (χ1) is 12.2. The number of fused-ring (bicyclic) bond motifs is 1. The van der Waals surface area contributed by atoms with Gasteiger partial charge in [-0.25, -0.2) is 4.98 Å². The summed E-state index contributed by atoms with van der Waals surface area (Å²) in [5.74, 6) is 0.671. The molecule has 1 aromatic carbocycles. The van der Waals surface area contributed by atoms with E-state index in [1.165, 1.54) is 0 Å². The van der Waals surface area contributed by atoms with Crippen LogP contribution in [0.1, 0.15) is 12.8 Å². The molecule has 0 radical (unpaired) electrons. The Morgan fingerprint density at radius 1 is 1.20 bits per heavy atom. The Morgan fingerprint density at radius 2 is 2.00 bits per heavy atom. The van der Waals surface area contributed by atoms with E-state index in [4.69, 9.17) is 16.6 Å². The lowest BCUT2D eigenvalue weighted by Crippen LogP contribution is -2.34. The summed E-state index contributed by atoms with van der Waals surface area (Å²) in [4.78, 5) is 20.4. The van der Waals surface area contributed by atoms with E-state index >= 15 is 0 Å². The Balaban J connectivity index is 1.67. The number of nitrogens with zero attached hydrogens (tertiary/aromatic N) is 2. The van der Waals surface area contributed by atoms with E-state index in [-0.39, 0.29) is 12.5 Å². The van der Waals surface area contributed by atoms with Gasteiger partial charge < -0.3 is 14.9 Å². The van der Waals surface area contributed by atoms with Crippen LogP contribution in [0.25, 0.3) is 23.7 Å². The third-order valence-electron chi connectivity index (χ3n) is 4.15. The maximum Gasteiger partial charge on any atom is 0.244 e. The summed E-state index contributed by atoms with van der Waals surface area (Å²) in [6.07, 6.45) is 8.06. The molecule has 5 nitrogen and oxygen atoms in total. The van der Waals surface area contributed by atoms with Crippen molar-refractivity contribution in [3.05, 3.63) is 58.3 Å². The standard InChI is InChI=1S/C19H17ClN4O/c20-13-7-9-14(10-8-13)22-18(25)12-24-17-6-2-1-4-15(17)23-19(24)16-5-3-11-21-16/h3-11,21H,1-2,12H2,(H,22,25). The lowest BCUT2D eigenvalue weighted by atomic mass is 10.2. The number of aromatic nitrogens is 3. The molecule has 0 fully saturated rings. The molecule has 6 heteroatoms. The highest BCUT2D eigenvalue weighted by Crippen LogP contribution is 2.15. The third-order valence-corrected chi connectivity index (χ3v) is 4.40. The van der Waals surface area contributed by atoms with Gasteiger partial charge in [-0.15, -0.1) is 0 Å². The minimum atomic E-state index is -0.102. The summed E-state index contributed by atoms with van der Waals surface area (Å²) in [5, 5.41) is 5.49. The Kier molecular flexibility index (Phi) is 4.15. The lowest BCUT2D eigenvalue weighted by Gasteiger charge is -2.09. The largest absolute Gasteiger partial charge is 0.359 e. The van der Waals surface area contributed by atoms with Crippen molar-refractivity contribution >= 4 is 35.3 Å². The number of imidazole rings is 1. The molecule has 25 heavy (non-hydrogen) atoms. The second kappa shape index (κ2) is 6.61. The van der Waals surface area contributed by atoms with Crippen molar-refractivity contribution in [2.75, 3.05) is 5.32 Å². The maximum absolute atomic E-state index is 12.5. The number of amides is 1. The second-order valence-corrected chi connectivity index (χ2v) is 6.35. The van der Waals surface area contributed by atoms with E-state index in [1.54, 1.807) is 24.3 Å². The molecule has 0 saturated carbocycles. The van der Waals surface area contributed by atoms with Crippen molar-refractivity contribution in [1.82, 2.24) is 14.5 Å². The predicted molar refractivity (Wildman–Crippen MR) is 99.5 cm³/mol. The van der Waals surface area contributed by atoms with E-state index in [2.05, 4.69) is 22.5 Å². The number of halogens is 1. The first-order valence-electron chi connectivity index (χ1n) is 8.17. The van der Waals surface area contributed by atoms with Crippen molar-refractivity contribution < 1.29 is 4.79 Å². The van der Waals surface area contributed by atoms with Gasteiger partial charge in [-0.3, -0.25) is 4.79 Å². The minimum Gasteiger partial charge on any atom is -0.359 e. The van der Waals surface area contributed by atoms with Crippen molar-refractivity contribution in [3.63, 3.8) is 0 Å². The minimum absolute atomic E-state index is 0.102. The van der Waals surface area contributed by atoms with Crippen LogP contribution in [0.4, 0.5) is 5.69 Å². The van der Waals surface area contributed by atoms with Crippen LogP contribution in [0.5, 0.6) is 0 Å². The van der Waals surface area contributed by atoms with Gasteiger partial charge in [-0.1, -0.05) is 23.8 Å². The molecular weight excluding hydrogens is 336 g/mol. The fourth-order valence-corrected chi connectivity index (χ4v) is 3.13. The summed E-state index contributed by atoms with van der Waals surface area (Å²) in [5.41, 5.74) is 1.62. The molecule has 126 valence electrons. The molecule has 2 heterocycles. The number of aromatic amines is 1. The number of hydrogen-bond donors (Lipinski definition) is 2. The molecule has 0 saturated heterocycles. The average Bonchev–Trinajstić information content (AvgIpc) is 3.25. The average molecular weight is 353 g/mol. The van der Waals surface area contributed by atoms with Gasteiger partial charge in [0.2, 0.25) is 5.91 Å². The zero-order valence-electron chi connectivity index (χ0n) is 13.5. The monoisotopic (exact) mass is 352 g/mol. The number of carbonyl (C=O) groups excluding carboxylic acids is 1. The molecule has 0 atom stereocenters. The van der Waals surface area contributed by atoms with Crippen LogP contribution in [0.3, 0.4) is 0 Å². The quantitative estimate of drug-likeness (QED) is 0.758. The molecule has 2 N–H and O–H groups in total. The van der Waals surface area contributed by atoms with Gasteiger partial charge in [-0.05, 0) is 49.2 Å². The highest BCUT2D eigenvalue weighted by Gasteiger charge is 2.15. The van der Waals surface area contributed by atoms with Gasteiger partial charge in [0.1, 0.15) is 6.54 Å². The summed E-state index contributed by atoms with van der Waals surface area (Å²) in [6.45, 7) is 0.198. The molecule has 2 aromatic heterocycles. The number of anilines is 1. The fraction of sp³-hybridized carbons (Fsp3) is 0.158. The number of hydrogen-bond acceptors (Lipinski definition) is 2. The lowest BCUT2D eigenvalue weighted by molar-refractivity contribution is -0.116. The molecule has 0 spiro atoms. The predicted octanol–water partition coefficient (Wildman–Crippen LogP) is 2.53. The normalized spacial score (nSPS) is 12.8. The summed E-state index contributed by atoms with van der Waals surface area (Å²) in [6, 6.07) is 11.0. The van der Waals surface area contributed by atoms with Crippen molar-refractivity contribution in [2.24, 2.45) is 0 Å². The Morgan fingerprint density at radius 3 is 2.76 bits per heavy atom. The first-order valence-corrected chi connectivity index (χ1v) is 8.54. The third kappa shape index (κ3) is 3.23. The Bertz CT molecular complexity index is 1020. The van der Waals surface area contributed by atoms with Gasteiger partial charge in [0.25, 0.3) is 0 Å². The number of rotatable bonds is 4. The van der Waals surface area contributed by atoms with Crippen LogP contribution in [-0.4, -0.2) is 20.4 Å². The highest BCUT2D eigenvalue weighted by atomic mass is 35.5. The summed E-state index contributed by atoms with van der Waals surface area (Å²) >= 11 is 5.88. The zero-order chi connectivity index (χ0) is 17.2. The van der Waals surface area contributed by atoms with Crippen molar-refractivity contribution in [1.29, 1.82) is 0 Å². The molecule has 1 aliphatic carbocycles. The smallest absolute Gasteiger partial charge is 0.244 e. The number of benzene rings is 1. The summed E-state index contributed by atoms with van der Waals surface area (Å²) < 4.78 is 1.96. The summed E-state index contributed by atoms with van der Waals surface area (Å²) in [7, 11) is 0. The molecule has 4 rings (SSSR count). The Hall–Kier alpha value is -2.79. The SMILES string of the molecule is O=C(Cn1c(-c2ccc[nH]2)nc2c1=CCCC=2)Nc1ccc(Cl)cc1. The number of nitrogens with one attached hydrogen (secondary N) is 2. The molecule has 0 bridgehead atoms. The van der Waals surface area contributed by atoms with E-state index in [9.17, 15) is 4.79 Å². The van der Waals surface area contributed by atoms with E-state index < -0.39 is 0 Å². The molecule has 1 aliphatic rings. The maximum atomic E-state index is 12.5. The van der Waals surface area contributed by atoms with Gasteiger partial charge in [0.15, 0.2) is 5.82 Å². The van der Waals surface area contributed by atoms with Crippen LogP contribution in [0, 0.1) is 0 Å². The fourth-order valence-electron chi connectivity index (χ4n) is 3.00. The topological polar surface area (TPSA) is 62.7 Å². The van der Waals surface area contributed by atoms with E-state index in [0.717, 1.165) is 40.7 Å². The van der Waals surface area contributed by atoms with E-state index in [0.29, 0.717) is 5.02 Å². The van der Waals surface area contributed by atoms with Gasteiger partial charge in [0, 0.05) is 16.9 Å². The first kappa shape index (κ1) is 15.7. The second-order valence-electron chi connectivity index (χ2n) is 5.92.